The topological polar surface area (TPSA) is 66.8 Å². The number of aliphatic hydroxyl groups excluding tert-OH is 1. The van der Waals surface area contributed by atoms with Crippen LogP contribution in [-0.4, -0.2) is 49.9 Å². The number of benzene rings is 1. The van der Waals surface area contributed by atoms with E-state index in [1.807, 2.05) is 0 Å². The molecule has 2 atom stereocenters. The second-order valence-corrected chi connectivity index (χ2v) is 7.45. The third kappa shape index (κ3) is 4.23. The Hall–Kier alpha value is -1.16. The Morgan fingerprint density at radius 1 is 1.39 bits per heavy atom. The molecule has 0 radical (unpaired) electrons. The number of methoxy groups -OCH3 is 1. The molecule has 23 heavy (non-hydrogen) atoms. The van der Waals surface area contributed by atoms with E-state index >= 15 is 0 Å². The molecule has 0 aromatic heterocycles. The lowest BCUT2D eigenvalue weighted by Gasteiger charge is -2.24. The summed E-state index contributed by atoms with van der Waals surface area (Å²) in [5.41, 5.74) is -0.622. The highest BCUT2D eigenvalue weighted by Crippen LogP contribution is 2.37. The minimum atomic E-state index is -4.51. The number of hydrogen-bond donors (Lipinski definition) is 1. The molecule has 0 saturated carbocycles. The number of nitrogens with zero attached hydrogens (tertiary/aromatic N) is 1. The molecule has 0 spiro atoms. The van der Waals surface area contributed by atoms with Crippen LogP contribution in [0.25, 0.3) is 0 Å². The number of β-amino-alcohol motifs (C(OH)–C–C–N with tert-alkyl or cyclic N) is 1. The average molecular weight is 353 g/mol. The highest BCUT2D eigenvalue weighted by molar-refractivity contribution is 7.89. The summed E-state index contributed by atoms with van der Waals surface area (Å²) in [5.74, 6) is -0.286. The molecule has 1 aliphatic heterocycles. The summed E-state index contributed by atoms with van der Waals surface area (Å²) in [7, 11) is -2.37. The van der Waals surface area contributed by atoms with Crippen molar-refractivity contribution in [1.29, 1.82) is 0 Å². The maximum absolute atomic E-state index is 12.8. The first kappa shape index (κ1) is 18.2. The number of aliphatic hydroxyl groups is 1. The lowest BCUT2D eigenvalue weighted by molar-refractivity contribution is -0.137. The zero-order chi connectivity index (χ0) is 17.3. The van der Waals surface area contributed by atoms with Gasteiger partial charge in [0.25, 0.3) is 0 Å². The molecule has 1 N–H and O–H groups in total. The number of ether oxygens (including phenoxy) is 1. The minimum Gasteiger partial charge on any atom is -0.392 e. The van der Waals surface area contributed by atoms with Gasteiger partial charge in [-0.05, 0) is 24.1 Å². The van der Waals surface area contributed by atoms with Gasteiger partial charge >= 0.3 is 6.18 Å². The molecule has 0 unspecified atom stereocenters. The van der Waals surface area contributed by atoms with Gasteiger partial charge in [0.1, 0.15) is 0 Å². The highest BCUT2D eigenvalue weighted by atomic mass is 32.2. The van der Waals surface area contributed by atoms with Gasteiger partial charge in [0.15, 0.2) is 0 Å². The van der Waals surface area contributed by atoms with Crippen LogP contribution in [0.5, 0.6) is 0 Å². The first-order valence-electron chi connectivity index (χ1n) is 6.99. The van der Waals surface area contributed by atoms with E-state index in [0.717, 1.165) is 16.4 Å². The average Bonchev–Trinajstić information content (AvgIpc) is 2.87. The summed E-state index contributed by atoms with van der Waals surface area (Å²) in [5, 5.41) is 9.79. The van der Waals surface area contributed by atoms with Gasteiger partial charge in [-0.3, -0.25) is 0 Å². The Balaban J connectivity index is 2.33. The molecule has 1 aromatic rings. The number of sulfonamides is 1. The number of rotatable bonds is 5. The predicted octanol–water partition coefficient (Wildman–Crippen LogP) is 1.79. The third-order valence-electron chi connectivity index (χ3n) is 3.74. The summed E-state index contributed by atoms with van der Waals surface area (Å²) in [6.07, 6.45) is -5.35. The molecule has 1 fully saturated rings. The van der Waals surface area contributed by atoms with Gasteiger partial charge in [0, 0.05) is 13.7 Å². The molecular weight excluding hydrogens is 335 g/mol. The van der Waals surface area contributed by atoms with Crippen LogP contribution in [0.3, 0.4) is 0 Å². The van der Waals surface area contributed by atoms with Crippen molar-refractivity contribution >= 4 is 10.0 Å². The molecule has 1 heterocycles. The van der Waals surface area contributed by atoms with E-state index in [1.54, 1.807) is 0 Å². The van der Waals surface area contributed by atoms with E-state index in [0.29, 0.717) is 0 Å². The molecule has 2 rings (SSSR count). The molecule has 0 amide bonds. The van der Waals surface area contributed by atoms with Crippen LogP contribution in [0.15, 0.2) is 24.3 Å². The van der Waals surface area contributed by atoms with Crippen molar-refractivity contribution in [3.8, 4) is 0 Å². The van der Waals surface area contributed by atoms with Crippen molar-refractivity contribution in [2.45, 2.75) is 24.7 Å². The van der Waals surface area contributed by atoms with E-state index < -0.39 is 33.9 Å². The van der Waals surface area contributed by atoms with E-state index in [4.69, 9.17) is 4.74 Å². The zero-order valence-electron chi connectivity index (χ0n) is 12.5. The number of hydrogen-bond acceptors (Lipinski definition) is 4. The second kappa shape index (κ2) is 6.76. The Morgan fingerprint density at radius 2 is 2.09 bits per heavy atom. The van der Waals surface area contributed by atoms with E-state index in [-0.39, 0.29) is 30.9 Å². The Kier molecular flexibility index (Phi) is 5.34. The van der Waals surface area contributed by atoms with Gasteiger partial charge in [0.05, 0.1) is 30.1 Å². The van der Waals surface area contributed by atoms with E-state index in [9.17, 15) is 26.7 Å². The van der Waals surface area contributed by atoms with Crippen LogP contribution in [-0.2, 0) is 20.9 Å². The minimum absolute atomic E-state index is 0.0236. The molecular formula is C14H18F3NO4S. The lowest BCUT2D eigenvalue weighted by atomic mass is 10.0. The molecule has 1 aromatic carbocycles. The quantitative estimate of drug-likeness (QED) is 0.876. The van der Waals surface area contributed by atoms with Gasteiger partial charge < -0.3 is 9.84 Å². The summed E-state index contributed by atoms with van der Waals surface area (Å²) in [6.45, 7) is -0.156. The van der Waals surface area contributed by atoms with Crippen molar-refractivity contribution in [2.75, 3.05) is 26.0 Å². The van der Waals surface area contributed by atoms with Crippen LogP contribution < -0.4 is 0 Å². The summed E-state index contributed by atoms with van der Waals surface area (Å²) in [6, 6.07) is 3.73. The monoisotopic (exact) mass is 353 g/mol. The van der Waals surface area contributed by atoms with Crippen molar-refractivity contribution < 1.29 is 31.4 Å². The van der Waals surface area contributed by atoms with Gasteiger partial charge in [-0.2, -0.15) is 17.5 Å². The first-order valence-corrected chi connectivity index (χ1v) is 8.60. The smallest absolute Gasteiger partial charge is 0.392 e. The maximum atomic E-state index is 12.8. The maximum Gasteiger partial charge on any atom is 0.416 e. The summed E-state index contributed by atoms with van der Waals surface area (Å²) >= 11 is 0. The molecule has 5 nitrogen and oxygen atoms in total. The van der Waals surface area contributed by atoms with Crippen molar-refractivity contribution in [2.24, 2.45) is 0 Å². The third-order valence-corrected chi connectivity index (χ3v) is 5.54. The molecule has 1 saturated heterocycles. The molecule has 1 aliphatic rings. The van der Waals surface area contributed by atoms with Crippen molar-refractivity contribution in [1.82, 2.24) is 4.31 Å². The van der Waals surface area contributed by atoms with Crippen LogP contribution in [0.1, 0.15) is 23.6 Å². The SMILES string of the molecule is COCCS(=O)(=O)N1C[C@H](O)C[C@H]1c1cccc(C(F)(F)F)c1. The largest absolute Gasteiger partial charge is 0.416 e. The van der Waals surface area contributed by atoms with Crippen molar-refractivity contribution in [3.05, 3.63) is 35.4 Å². The molecule has 130 valence electrons. The number of alkyl halides is 3. The van der Waals surface area contributed by atoms with Crippen LogP contribution in [0, 0.1) is 0 Å². The molecule has 9 heteroatoms. The highest BCUT2D eigenvalue weighted by Gasteiger charge is 2.40. The molecule has 0 bridgehead atoms. The van der Waals surface area contributed by atoms with Crippen LogP contribution in [0.4, 0.5) is 13.2 Å². The number of halogens is 3. The Labute approximate surface area is 132 Å². The predicted molar refractivity (Wildman–Crippen MR) is 77.2 cm³/mol. The van der Waals surface area contributed by atoms with Gasteiger partial charge in [-0.15, -0.1) is 0 Å². The first-order chi connectivity index (χ1) is 10.6. The fraction of sp³-hybridized carbons (Fsp3) is 0.571. The Bertz CT molecular complexity index is 648. The van der Waals surface area contributed by atoms with Crippen molar-refractivity contribution in [3.63, 3.8) is 0 Å². The summed E-state index contributed by atoms with van der Waals surface area (Å²) < 4.78 is 68.9. The van der Waals surface area contributed by atoms with Crippen LogP contribution in [0.2, 0.25) is 0 Å². The van der Waals surface area contributed by atoms with E-state index in [1.165, 1.54) is 19.2 Å². The Morgan fingerprint density at radius 3 is 2.70 bits per heavy atom. The summed E-state index contributed by atoms with van der Waals surface area (Å²) in [4.78, 5) is 0. The normalized spacial score (nSPS) is 23.3. The van der Waals surface area contributed by atoms with Gasteiger partial charge in [0.2, 0.25) is 10.0 Å². The molecule has 0 aliphatic carbocycles. The van der Waals surface area contributed by atoms with E-state index in [2.05, 4.69) is 0 Å². The lowest BCUT2D eigenvalue weighted by Crippen LogP contribution is -2.35. The second-order valence-electron chi connectivity index (χ2n) is 5.41. The van der Waals surface area contributed by atoms with Crippen LogP contribution >= 0.6 is 0 Å². The van der Waals surface area contributed by atoms with Gasteiger partial charge in [-0.25, -0.2) is 8.42 Å². The fourth-order valence-electron chi connectivity index (χ4n) is 2.62. The standard InChI is InChI=1S/C14H18F3NO4S/c1-22-5-6-23(20,21)18-9-12(19)8-13(18)10-3-2-4-11(7-10)14(15,16)17/h2-4,7,12-13,19H,5-6,8-9H2,1H3/t12-,13+/m1/s1. The fourth-order valence-corrected chi connectivity index (χ4v) is 4.23. The van der Waals surface area contributed by atoms with Gasteiger partial charge in [-0.1, -0.05) is 12.1 Å². The zero-order valence-corrected chi connectivity index (χ0v) is 13.3.